The van der Waals surface area contributed by atoms with Gasteiger partial charge in [0.25, 0.3) is 5.91 Å². The third-order valence-corrected chi connectivity index (χ3v) is 5.16. The number of ether oxygens (including phenoxy) is 1. The summed E-state index contributed by atoms with van der Waals surface area (Å²) in [5, 5.41) is 2.02. The van der Waals surface area contributed by atoms with Crippen LogP contribution in [-0.4, -0.2) is 24.0 Å². The Morgan fingerprint density at radius 1 is 1.45 bits per heavy atom. The van der Waals surface area contributed by atoms with Crippen LogP contribution in [-0.2, 0) is 4.79 Å². The van der Waals surface area contributed by atoms with Crippen molar-refractivity contribution in [1.82, 2.24) is 4.90 Å². The molecule has 116 valence electrons. The predicted octanol–water partition coefficient (Wildman–Crippen LogP) is 4.39. The van der Waals surface area contributed by atoms with Crippen LogP contribution in [0.1, 0.15) is 23.8 Å². The molecular formula is C16H15BrFNO2S. The molecule has 0 spiro atoms. The molecule has 1 aliphatic rings. The number of nitrogens with zero attached hydrogens (tertiary/aromatic N) is 1. The Morgan fingerprint density at radius 3 is 3.05 bits per heavy atom. The molecule has 1 aromatic carbocycles. The summed E-state index contributed by atoms with van der Waals surface area (Å²) in [5.74, 6) is -0.472. The van der Waals surface area contributed by atoms with Gasteiger partial charge in [-0.1, -0.05) is 22.0 Å². The van der Waals surface area contributed by atoms with E-state index in [4.69, 9.17) is 4.74 Å². The third-order valence-electron chi connectivity index (χ3n) is 3.69. The van der Waals surface area contributed by atoms with Gasteiger partial charge in [0, 0.05) is 15.9 Å². The van der Waals surface area contributed by atoms with Crippen molar-refractivity contribution in [3.05, 3.63) is 50.9 Å². The van der Waals surface area contributed by atoms with Crippen molar-refractivity contribution in [1.29, 1.82) is 0 Å². The number of amides is 1. The largest absolute Gasteiger partial charge is 0.481 e. The zero-order chi connectivity index (χ0) is 15.5. The van der Waals surface area contributed by atoms with Crippen molar-refractivity contribution in [3.8, 4) is 5.75 Å². The summed E-state index contributed by atoms with van der Waals surface area (Å²) in [6.45, 7) is 0.591. The predicted molar refractivity (Wildman–Crippen MR) is 87.6 cm³/mol. The van der Waals surface area contributed by atoms with E-state index in [2.05, 4.69) is 22.0 Å². The smallest absolute Gasteiger partial charge is 0.261 e. The van der Waals surface area contributed by atoms with Crippen molar-refractivity contribution in [2.45, 2.75) is 18.9 Å². The van der Waals surface area contributed by atoms with Crippen LogP contribution in [0, 0.1) is 5.82 Å². The van der Waals surface area contributed by atoms with Crippen LogP contribution in [0.4, 0.5) is 4.39 Å². The van der Waals surface area contributed by atoms with Crippen molar-refractivity contribution in [3.63, 3.8) is 0 Å². The topological polar surface area (TPSA) is 29.5 Å². The van der Waals surface area contributed by atoms with E-state index >= 15 is 0 Å². The summed E-state index contributed by atoms with van der Waals surface area (Å²) >= 11 is 4.85. The van der Waals surface area contributed by atoms with Gasteiger partial charge in [-0.2, -0.15) is 0 Å². The molecule has 0 radical (unpaired) electrons. The number of rotatable bonds is 4. The summed E-state index contributed by atoms with van der Waals surface area (Å²) in [7, 11) is 0. The number of hydrogen-bond donors (Lipinski definition) is 0. The first-order chi connectivity index (χ1) is 10.6. The number of carbonyl (C=O) groups excluding carboxylic acids is 1. The molecule has 0 aliphatic carbocycles. The van der Waals surface area contributed by atoms with Crippen molar-refractivity contribution >= 4 is 33.2 Å². The lowest BCUT2D eigenvalue weighted by Crippen LogP contribution is -2.34. The average molecular weight is 384 g/mol. The molecule has 0 saturated carbocycles. The molecule has 1 aromatic heterocycles. The van der Waals surface area contributed by atoms with Crippen molar-refractivity contribution < 1.29 is 13.9 Å². The molecule has 22 heavy (non-hydrogen) atoms. The van der Waals surface area contributed by atoms with Crippen LogP contribution in [0.5, 0.6) is 5.75 Å². The van der Waals surface area contributed by atoms with Crippen LogP contribution in [0.2, 0.25) is 0 Å². The van der Waals surface area contributed by atoms with Crippen molar-refractivity contribution in [2.75, 3.05) is 13.2 Å². The SMILES string of the molecule is O=C(COc1ccc(Br)cc1F)N1CCCC1c1cccs1. The fourth-order valence-corrected chi connectivity index (χ4v) is 3.86. The van der Waals surface area contributed by atoms with Crippen LogP contribution < -0.4 is 4.74 Å². The van der Waals surface area contributed by atoms with Gasteiger partial charge in [0.2, 0.25) is 0 Å². The highest BCUT2D eigenvalue weighted by atomic mass is 79.9. The Kier molecular flexibility index (Phi) is 4.78. The molecule has 0 N–H and O–H groups in total. The van der Waals surface area contributed by atoms with E-state index in [9.17, 15) is 9.18 Å². The van der Waals surface area contributed by atoms with E-state index in [0.29, 0.717) is 4.47 Å². The van der Waals surface area contributed by atoms with Gasteiger partial charge in [-0.3, -0.25) is 4.79 Å². The van der Waals surface area contributed by atoms with Gasteiger partial charge in [-0.15, -0.1) is 11.3 Å². The first-order valence-electron chi connectivity index (χ1n) is 7.06. The van der Waals surface area contributed by atoms with E-state index < -0.39 is 5.82 Å². The highest BCUT2D eigenvalue weighted by molar-refractivity contribution is 9.10. The Hall–Kier alpha value is -1.40. The molecule has 1 aliphatic heterocycles. The fourth-order valence-electron chi connectivity index (χ4n) is 2.66. The van der Waals surface area contributed by atoms with Gasteiger partial charge in [-0.25, -0.2) is 4.39 Å². The van der Waals surface area contributed by atoms with E-state index in [1.54, 1.807) is 17.4 Å². The normalized spacial score (nSPS) is 17.7. The van der Waals surface area contributed by atoms with Gasteiger partial charge >= 0.3 is 0 Å². The summed E-state index contributed by atoms with van der Waals surface area (Å²) in [6, 6.07) is 8.71. The summed E-state index contributed by atoms with van der Waals surface area (Å²) in [6.07, 6.45) is 1.96. The molecule has 0 bridgehead atoms. The maximum atomic E-state index is 13.7. The zero-order valence-corrected chi connectivity index (χ0v) is 14.2. The second-order valence-corrected chi connectivity index (χ2v) is 7.02. The average Bonchev–Trinajstić information content (AvgIpc) is 3.16. The Bertz CT molecular complexity index is 662. The fraction of sp³-hybridized carbons (Fsp3) is 0.312. The number of hydrogen-bond acceptors (Lipinski definition) is 3. The van der Waals surface area contributed by atoms with E-state index in [-0.39, 0.29) is 24.3 Å². The van der Waals surface area contributed by atoms with Gasteiger partial charge in [0.1, 0.15) is 0 Å². The third kappa shape index (κ3) is 3.33. The summed E-state index contributed by atoms with van der Waals surface area (Å²) in [5.41, 5.74) is 0. The van der Waals surface area contributed by atoms with Crippen LogP contribution in [0.25, 0.3) is 0 Å². The van der Waals surface area contributed by atoms with Gasteiger partial charge < -0.3 is 9.64 Å². The Morgan fingerprint density at radius 2 is 2.32 bits per heavy atom. The lowest BCUT2D eigenvalue weighted by atomic mass is 10.2. The highest BCUT2D eigenvalue weighted by Gasteiger charge is 2.30. The van der Waals surface area contributed by atoms with Gasteiger partial charge in [0.15, 0.2) is 18.2 Å². The standard InChI is InChI=1S/C16H15BrFNO2S/c17-11-5-6-14(12(18)9-11)21-10-16(20)19-7-1-3-13(19)15-4-2-8-22-15/h2,4-6,8-9,13H,1,3,7,10H2. The summed E-state index contributed by atoms with van der Waals surface area (Å²) in [4.78, 5) is 15.4. The maximum Gasteiger partial charge on any atom is 0.261 e. The molecular weight excluding hydrogens is 369 g/mol. The maximum absolute atomic E-state index is 13.7. The number of thiophene rings is 1. The molecule has 3 nitrogen and oxygen atoms in total. The molecule has 1 unspecified atom stereocenters. The summed E-state index contributed by atoms with van der Waals surface area (Å²) < 4.78 is 19.7. The number of carbonyl (C=O) groups is 1. The second-order valence-electron chi connectivity index (χ2n) is 5.12. The highest BCUT2D eigenvalue weighted by Crippen LogP contribution is 2.34. The first-order valence-corrected chi connectivity index (χ1v) is 8.73. The first kappa shape index (κ1) is 15.5. The van der Waals surface area contributed by atoms with Crippen LogP contribution in [0.3, 0.4) is 0 Å². The minimum absolute atomic E-state index is 0.0989. The van der Waals surface area contributed by atoms with Crippen molar-refractivity contribution in [2.24, 2.45) is 0 Å². The molecule has 1 amide bonds. The number of likely N-dealkylation sites (tertiary alicyclic amines) is 1. The monoisotopic (exact) mass is 383 g/mol. The minimum Gasteiger partial charge on any atom is -0.481 e. The van der Waals surface area contributed by atoms with E-state index in [0.717, 1.165) is 19.4 Å². The molecule has 3 rings (SSSR count). The Labute approximate surface area is 140 Å². The minimum atomic E-state index is -0.474. The molecule has 2 aromatic rings. The number of halogens is 2. The number of benzene rings is 1. The zero-order valence-electron chi connectivity index (χ0n) is 11.8. The Balaban J connectivity index is 1.64. The van der Waals surface area contributed by atoms with Gasteiger partial charge in [0.05, 0.1) is 6.04 Å². The molecule has 1 fully saturated rings. The molecule has 1 saturated heterocycles. The quantitative estimate of drug-likeness (QED) is 0.783. The lowest BCUT2D eigenvalue weighted by molar-refractivity contribution is -0.134. The van der Waals surface area contributed by atoms with Gasteiger partial charge in [-0.05, 0) is 42.5 Å². The second kappa shape index (κ2) is 6.79. The van der Waals surface area contributed by atoms with Crippen LogP contribution in [0.15, 0.2) is 40.2 Å². The van der Waals surface area contributed by atoms with E-state index in [1.165, 1.54) is 17.0 Å². The van der Waals surface area contributed by atoms with Crippen LogP contribution >= 0.6 is 27.3 Å². The molecule has 6 heteroatoms. The molecule has 1 atom stereocenters. The lowest BCUT2D eigenvalue weighted by Gasteiger charge is -2.24. The van der Waals surface area contributed by atoms with E-state index in [1.807, 2.05) is 16.3 Å². The molecule has 2 heterocycles.